The zero-order valence-electron chi connectivity index (χ0n) is 13.9. The van der Waals surface area contributed by atoms with Crippen LogP contribution in [0.3, 0.4) is 0 Å². The zero-order valence-corrected chi connectivity index (χ0v) is 14.7. The van der Waals surface area contributed by atoms with Crippen LogP contribution in [-0.2, 0) is 10.0 Å². The van der Waals surface area contributed by atoms with E-state index in [1.807, 2.05) is 6.92 Å². The molecule has 1 heterocycles. The highest BCUT2D eigenvalue weighted by molar-refractivity contribution is 7.89. The molecular weight excluding hydrogens is 334 g/mol. The third-order valence-electron chi connectivity index (χ3n) is 4.25. The van der Waals surface area contributed by atoms with E-state index in [2.05, 4.69) is 0 Å². The minimum atomic E-state index is -3.74. The molecule has 0 amide bonds. The van der Waals surface area contributed by atoms with Crippen LogP contribution in [0.1, 0.15) is 19.8 Å². The van der Waals surface area contributed by atoms with Crippen LogP contribution in [-0.4, -0.2) is 56.0 Å². The van der Waals surface area contributed by atoms with Gasteiger partial charge in [-0.3, -0.25) is 10.1 Å². The third kappa shape index (κ3) is 3.85. The summed E-state index contributed by atoms with van der Waals surface area (Å²) in [6.07, 6.45) is 1.77. The highest BCUT2D eigenvalue weighted by Crippen LogP contribution is 2.32. The maximum atomic E-state index is 12.8. The fourth-order valence-corrected chi connectivity index (χ4v) is 4.54. The molecule has 0 radical (unpaired) electrons. The summed E-state index contributed by atoms with van der Waals surface area (Å²) in [7, 11) is -2.13. The number of hydrogen-bond acceptors (Lipinski definition) is 6. The van der Waals surface area contributed by atoms with Gasteiger partial charge in [-0.2, -0.15) is 4.31 Å². The van der Waals surface area contributed by atoms with E-state index in [9.17, 15) is 18.5 Å². The summed E-state index contributed by atoms with van der Waals surface area (Å²) in [5, 5.41) is 20.3. The highest BCUT2D eigenvalue weighted by atomic mass is 32.2. The van der Waals surface area contributed by atoms with E-state index in [0.717, 1.165) is 18.9 Å². The molecule has 24 heavy (non-hydrogen) atoms. The number of rotatable bonds is 6. The summed E-state index contributed by atoms with van der Waals surface area (Å²) >= 11 is 0. The molecule has 1 aromatic rings. The Labute approximate surface area is 141 Å². The molecule has 9 heteroatoms. The lowest BCUT2D eigenvalue weighted by molar-refractivity contribution is -0.384. The van der Waals surface area contributed by atoms with E-state index >= 15 is 0 Å². The van der Waals surface area contributed by atoms with Gasteiger partial charge >= 0.3 is 0 Å². The van der Waals surface area contributed by atoms with Gasteiger partial charge in [0, 0.05) is 32.7 Å². The monoisotopic (exact) mass is 357 g/mol. The number of anilines is 1. The van der Waals surface area contributed by atoms with Gasteiger partial charge in [-0.1, -0.05) is 6.92 Å². The molecule has 2 rings (SSSR count). The predicted octanol–water partition coefficient (Wildman–Crippen LogP) is 1.44. The van der Waals surface area contributed by atoms with Crippen LogP contribution in [0.15, 0.2) is 23.1 Å². The van der Waals surface area contributed by atoms with Crippen molar-refractivity contribution in [3.05, 3.63) is 28.3 Å². The number of nitro groups is 1. The topological polar surface area (TPSA) is 104 Å². The highest BCUT2D eigenvalue weighted by Gasteiger charge is 2.31. The van der Waals surface area contributed by atoms with Crippen LogP contribution >= 0.6 is 0 Å². The molecule has 1 unspecified atom stereocenters. The van der Waals surface area contributed by atoms with E-state index in [1.54, 1.807) is 7.05 Å². The van der Waals surface area contributed by atoms with Crippen LogP contribution in [0.25, 0.3) is 0 Å². The van der Waals surface area contributed by atoms with E-state index in [4.69, 9.17) is 5.11 Å². The Morgan fingerprint density at radius 2 is 2.17 bits per heavy atom. The summed E-state index contributed by atoms with van der Waals surface area (Å²) < 4.78 is 26.9. The summed E-state index contributed by atoms with van der Waals surface area (Å²) in [6.45, 7) is 2.93. The molecule has 1 N–H and O–H groups in total. The molecule has 0 aromatic heterocycles. The van der Waals surface area contributed by atoms with E-state index in [0.29, 0.717) is 13.1 Å². The van der Waals surface area contributed by atoms with Crippen LogP contribution in [0.2, 0.25) is 0 Å². The SMILES string of the molecule is CC1CCCN(S(=O)(=O)c2ccc(N(C)CCO)c([N+](=O)[O-])c2)C1. The number of hydrogen-bond donors (Lipinski definition) is 1. The second-order valence-electron chi connectivity index (χ2n) is 6.16. The first-order valence-electron chi connectivity index (χ1n) is 7.88. The summed E-state index contributed by atoms with van der Waals surface area (Å²) in [5.74, 6) is 0.276. The average molecular weight is 357 g/mol. The maximum Gasteiger partial charge on any atom is 0.293 e. The number of nitrogens with zero attached hydrogens (tertiary/aromatic N) is 3. The Morgan fingerprint density at radius 1 is 1.46 bits per heavy atom. The van der Waals surface area contributed by atoms with Gasteiger partial charge in [0.15, 0.2) is 0 Å². The van der Waals surface area contributed by atoms with Crippen molar-refractivity contribution >= 4 is 21.4 Å². The van der Waals surface area contributed by atoms with Gasteiger partial charge < -0.3 is 10.0 Å². The molecule has 0 bridgehead atoms. The van der Waals surface area contributed by atoms with Crippen molar-refractivity contribution in [1.29, 1.82) is 0 Å². The standard InChI is InChI=1S/C15H23N3O5S/c1-12-4-3-7-17(11-12)24(22,23)13-5-6-14(16(2)8-9-19)15(10-13)18(20)21/h5-6,10,12,19H,3-4,7-9,11H2,1-2H3. The lowest BCUT2D eigenvalue weighted by Gasteiger charge is -2.30. The molecule has 1 fully saturated rings. The number of sulfonamides is 1. The average Bonchev–Trinajstić information content (AvgIpc) is 2.54. The van der Waals surface area contributed by atoms with Gasteiger partial charge in [0.2, 0.25) is 10.0 Å². The molecule has 1 aromatic carbocycles. The zero-order chi connectivity index (χ0) is 17.9. The van der Waals surface area contributed by atoms with Gasteiger partial charge in [0.05, 0.1) is 16.4 Å². The van der Waals surface area contributed by atoms with E-state index < -0.39 is 14.9 Å². The fourth-order valence-electron chi connectivity index (χ4n) is 2.92. The van der Waals surface area contributed by atoms with Gasteiger partial charge in [-0.25, -0.2) is 8.42 Å². The summed E-state index contributed by atoms with van der Waals surface area (Å²) in [5.41, 5.74) is -0.00269. The van der Waals surface area contributed by atoms with Crippen molar-refractivity contribution in [2.24, 2.45) is 5.92 Å². The number of piperidine rings is 1. The van der Waals surface area contributed by atoms with Crippen molar-refractivity contribution in [3.8, 4) is 0 Å². The molecule has 134 valence electrons. The predicted molar refractivity (Wildman–Crippen MR) is 90.6 cm³/mol. The van der Waals surface area contributed by atoms with E-state index in [-0.39, 0.29) is 35.3 Å². The van der Waals surface area contributed by atoms with Gasteiger partial charge in [0.25, 0.3) is 5.69 Å². The Balaban J connectivity index is 2.40. The second-order valence-corrected chi connectivity index (χ2v) is 8.10. The van der Waals surface area contributed by atoms with Crippen LogP contribution in [0.4, 0.5) is 11.4 Å². The molecule has 0 spiro atoms. The largest absolute Gasteiger partial charge is 0.395 e. The van der Waals surface area contributed by atoms with Crippen LogP contribution < -0.4 is 4.90 Å². The Kier molecular flexibility index (Phi) is 5.79. The number of aliphatic hydroxyl groups excluding tert-OH is 1. The van der Waals surface area contributed by atoms with Crippen molar-refractivity contribution in [3.63, 3.8) is 0 Å². The maximum absolute atomic E-state index is 12.8. The minimum absolute atomic E-state index is 0.0653. The number of aliphatic hydroxyl groups is 1. The molecular formula is C15H23N3O5S. The lowest BCUT2D eigenvalue weighted by atomic mass is 10.0. The molecule has 0 saturated carbocycles. The summed E-state index contributed by atoms with van der Waals surface area (Å²) in [4.78, 5) is 12.2. The molecule has 1 atom stereocenters. The minimum Gasteiger partial charge on any atom is -0.395 e. The summed E-state index contributed by atoms with van der Waals surface area (Å²) in [6, 6.07) is 3.93. The smallest absolute Gasteiger partial charge is 0.293 e. The van der Waals surface area contributed by atoms with Gasteiger partial charge in [0.1, 0.15) is 5.69 Å². The number of likely N-dealkylation sites (N-methyl/N-ethyl adjacent to an activating group) is 1. The lowest BCUT2D eigenvalue weighted by Crippen LogP contribution is -2.39. The van der Waals surface area contributed by atoms with Crippen molar-refractivity contribution in [1.82, 2.24) is 4.31 Å². The number of nitro benzene ring substituents is 1. The first-order valence-corrected chi connectivity index (χ1v) is 9.32. The Morgan fingerprint density at radius 3 is 2.75 bits per heavy atom. The normalized spacial score (nSPS) is 19.2. The second kappa shape index (κ2) is 7.45. The van der Waals surface area contributed by atoms with Crippen LogP contribution in [0.5, 0.6) is 0 Å². The first-order chi connectivity index (χ1) is 11.3. The Bertz CT molecular complexity index is 707. The van der Waals surface area contributed by atoms with E-state index in [1.165, 1.54) is 21.3 Å². The van der Waals surface area contributed by atoms with Crippen LogP contribution in [0, 0.1) is 16.0 Å². The first kappa shape index (κ1) is 18.6. The number of benzene rings is 1. The molecule has 8 nitrogen and oxygen atoms in total. The molecule has 1 aliphatic heterocycles. The molecule has 0 aliphatic carbocycles. The van der Waals surface area contributed by atoms with Crippen molar-refractivity contribution < 1.29 is 18.4 Å². The Hall–Kier alpha value is -1.71. The van der Waals surface area contributed by atoms with Crippen molar-refractivity contribution in [2.45, 2.75) is 24.7 Å². The molecule has 1 aliphatic rings. The fraction of sp³-hybridized carbons (Fsp3) is 0.600. The third-order valence-corrected chi connectivity index (χ3v) is 6.11. The molecule has 1 saturated heterocycles. The quantitative estimate of drug-likeness (QED) is 0.610. The van der Waals surface area contributed by atoms with Gasteiger partial charge in [-0.05, 0) is 30.9 Å². The van der Waals surface area contributed by atoms with Crippen molar-refractivity contribution in [2.75, 3.05) is 38.2 Å². The van der Waals surface area contributed by atoms with Gasteiger partial charge in [-0.15, -0.1) is 0 Å².